The van der Waals surface area contributed by atoms with Crippen LogP contribution in [0.2, 0.25) is 0 Å². The number of sulfonamides is 1. The third-order valence-corrected chi connectivity index (χ3v) is 5.46. The lowest BCUT2D eigenvalue weighted by Crippen LogP contribution is -2.14. The predicted octanol–water partition coefficient (Wildman–Crippen LogP) is 3.21. The van der Waals surface area contributed by atoms with E-state index < -0.39 is 10.0 Å². The van der Waals surface area contributed by atoms with Crippen molar-refractivity contribution in [1.82, 2.24) is 19.6 Å². The van der Waals surface area contributed by atoms with Crippen LogP contribution in [0, 0.1) is 13.8 Å². The highest BCUT2D eigenvalue weighted by Crippen LogP contribution is 2.20. The number of hydrogen-bond acceptors (Lipinski definition) is 5. The molecule has 0 amide bonds. The molecule has 0 fully saturated rings. The van der Waals surface area contributed by atoms with Crippen molar-refractivity contribution in [2.45, 2.75) is 18.7 Å². The molecular formula is C19H17N5O2S. The molecule has 136 valence electrons. The van der Waals surface area contributed by atoms with Gasteiger partial charge in [-0.25, -0.2) is 18.1 Å². The van der Waals surface area contributed by atoms with Crippen LogP contribution in [0.5, 0.6) is 0 Å². The Morgan fingerprint density at radius 3 is 2.33 bits per heavy atom. The maximum absolute atomic E-state index is 12.5. The Kier molecular flexibility index (Phi) is 4.12. The number of nitrogens with zero attached hydrogens (tertiary/aromatic N) is 4. The molecule has 0 aliphatic rings. The van der Waals surface area contributed by atoms with Crippen molar-refractivity contribution in [2.24, 2.45) is 0 Å². The third-order valence-electron chi connectivity index (χ3n) is 4.12. The number of rotatable bonds is 4. The first-order valence-electron chi connectivity index (χ1n) is 8.32. The molecule has 2 aromatic carbocycles. The van der Waals surface area contributed by atoms with Gasteiger partial charge >= 0.3 is 0 Å². The minimum absolute atomic E-state index is 0.0172. The summed E-state index contributed by atoms with van der Waals surface area (Å²) in [4.78, 5) is 8.89. The molecule has 0 bridgehead atoms. The zero-order valence-electron chi connectivity index (χ0n) is 14.8. The largest absolute Gasteiger partial charge is 0.264 e. The molecule has 4 rings (SSSR count). The lowest BCUT2D eigenvalue weighted by atomic mass is 10.1. The van der Waals surface area contributed by atoms with Gasteiger partial charge in [0, 0.05) is 11.3 Å². The normalized spacial score (nSPS) is 11.6. The summed E-state index contributed by atoms with van der Waals surface area (Å²) < 4.78 is 29.0. The van der Waals surface area contributed by atoms with Gasteiger partial charge in [-0.05, 0) is 32.0 Å². The van der Waals surface area contributed by atoms with Gasteiger partial charge in [0.05, 0.1) is 10.6 Å². The van der Waals surface area contributed by atoms with E-state index >= 15 is 0 Å². The highest BCUT2D eigenvalue weighted by molar-refractivity contribution is 7.92. The van der Waals surface area contributed by atoms with Gasteiger partial charge in [-0.1, -0.05) is 48.0 Å². The summed E-state index contributed by atoms with van der Waals surface area (Å²) in [6.45, 7) is 3.76. The first-order valence-corrected chi connectivity index (χ1v) is 9.80. The quantitative estimate of drug-likeness (QED) is 0.588. The van der Waals surface area contributed by atoms with Crippen LogP contribution in [0.3, 0.4) is 0 Å². The molecule has 27 heavy (non-hydrogen) atoms. The summed E-state index contributed by atoms with van der Waals surface area (Å²) in [6, 6.07) is 18.2. The van der Waals surface area contributed by atoms with E-state index in [4.69, 9.17) is 0 Å². The van der Waals surface area contributed by atoms with Crippen LogP contribution < -0.4 is 4.72 Å². The molecule has 2 aromatic heterocycles. The van der Waals surface area contributed by atoms with Gasteiger partial charge in [0.15, 0.2) is 0 Å². The van der Waals surface area contributed by atoms with Crippen LogP contribution in [-0.4, -0.2) is 28.0 Å². The van der Waals surface area contributed by atoms with E-state index in [1.54, 1.807) is 24.3 Å². The third kappa shape index (κ3) is 3.39. The van der Waals surface area contributed by atoms with Crippen LogP contribution in [0.25, 0.3) is 17.0 Å². The molecule has 0 aliphatic carbocycles. The molecule has 7 nitrogen and oxygen atoms in total. The maximum Gasteiger partial charge on any atom is 0.264 e. The van der Waals surface area contributed by atoms with Crippen molar-refractivity contribution in [3.8, 4) is 11.3 Å². The number of fused-ring (bicyclic) bond motifs is 1. The molecule has 0 atom stereocenters. The van der Waals surface area contributed by atoms with Gasteiger partial charge in [0.2, 0.25) is 0 Å². The SMILES string of the molecule is Cc1ccc(S(=O)(=O)Nc2nc3nc(-c4ccccc4)cc(C)n3n2)cc1. The van der Waals surface area contributed by atoms with Crippen molar-refractivity contribution in [3.05, 3.63) is 71.9 Å². The maximum atomic E-state index is 12.5. The second kappa shape index (κ2) is 6.48. The molecular weight excluding hydrogens is 362 g/mol. The van der Waals surface area contributed by atoms with Crippen molar-refractivity contribution in [1.29, 1.82) is 0 Å². The van der Waals surface area contributed by atoms with Crippen molar-refractivity contribution >= 4 is 21.7 Å². The van der Waals surface area contributed by atoms with Crippen LogP contribution in [0.4, 0.5) is 5.95 Å². The molecule has 0 spiro atoms. The summed E-state index contributed by atoms with van der Waals surface area (Å²) in [7, 11) is -3.77. The number of aryl methyl sites for hydroxylation is 2. The van der Waals surface area contributed by atoms with Crippen molar-refractivity contribution < 1.29 is 8.42 Å². The predicted molar refractivity (Wildman–Crippen MR) is 103 cm³/mol. The minimum atomic E-state index is -3.77. The number of hydrogen-bond donors (Lipinski definition) is 1. The van der Waals surface area contributed by atoms with Gasteiger partial charge in [0.25, 0.3) is 21.7 Å². The Balaban J connectivity index is 1.71. The second-order valence-corrected chi connectivity index (χ2v) is 7.90. The fourth-order valence-corrected chi connectivity index (χ4v) is 3.65. The minimum Gasteiger partial charge on any atom is -0.246 e. The lowest BCUT2D eigenvalue weighted by molar-refractivity contribution is 0.600. The summed E-state index contributed by atoms with van der Waals surface area (Å²) in [6.07, 6.45) is 0. The Morgan fingerprint density at radius 2 is 1.63 bits per heavy atom. The highest BCUT2D eigenvalue weighted by atomic mass is 32.2. The van der Waals surface area contributed by atoms with E-state index in [1.807, 2.05) is 50.2 Å². The van der Waals surface area contributed by atoms with Crippen molar-refractivity contribution in [3.63, 3.8) is 0 Å². The molecule has 0 saturated carbocycles. The van der Waals surface area contributed by atoms with E-state index in [-0.39, 0.29) is 10.8 Å². The van der Waals surface area contributed by atoms with Crippen LogP contribution in [0.15, 0.2) is 65.6 Å². The molecule has 0 saturated heterocycles. The zero-order valence-corrected chi connectivity index (χ0v) is 15.6. The first-order chi connectivity index (χ1) is 12.9. The fourth-order valence-electron chi connectivity index (χ4n) is 2.71. The second-order valence-electron chi connectivity index (χ2n) is 6.21. The average Bonchev–Trinajstić information content (AvgIpc) is 3.05. The number of nitrogens with one attached hydrogen (secondary N) is 1. The summed E-state index contributed by atoms with van der Waals surface area (Å²) in [5.74, 6) is 0.312. The molecule has 2 heterocycles. The van der Waals surface area contributed by atoms with Gasteiger partial charge in [0.1, 0.15) is 0 Å². The average molecular weight is 379 g/mol. The molecule has 8 heteroatoms. The fraction of sp³-hybridized carbons (Fsp3) is 0.105. The number of aromatic nitrogens is 4. The number of benzene rings is 2. The summed E-state index contributed by atoms with van der Waals surface area (Å²) in [5, 5.41) is 4.23. The van der Waals surface area contributed by atoms with E-state index in [1.165, 1.54) is 4.52 Å². The highest BCUT2D eigenvalue weighted by Gasteiger charge is 2.18. The van der Waals surface area contributed by atoms with Gasteiger partial charge in [-0.3, -0.25) is 0 Å². The Morgan fingerprint density at radius 1 is 0.926 bits per heavy atom. The summed E-state index contributed by atoms with van der Waals surface area (Å²) in [5.41, 5.74) is 3.48. The topological polar surface area (TPSA) is 89.2 Å². The Bertz CT molecular complexity index is 1220. The van der Waals surface area contributed by atoms with Crippen LogP contribution >= 0.6 is 0 Å². The van der Waals surface area contributed by atoms with Gasteiger partial charge in [-0.2, -0.15) is 9.50 Å². The van der Waals surface area contributed by atoms with Crippen LogP contribution in [-0.2, 0) is 10.0 Å². The Hall–Kier alpha value is -3.26. The number of anilines is 1. The van der Waals surface area contributed by atoms with E-state index in [0.29, 0.717) is 5.78 Å². The van der Waals surface area contributed by atoms with E-state index in [2.05, 4.69) is 19.8 Å². The van der Waals surface area contributed by atoms with E-state index in [9.17, 15) is 8.42 Å². The molecule has 4 aromatic rings. The van der Waals surface area contributed by atoms with Gasteiger partial charge in [-0.15, -0.1) is 5.10 Å². The smallest absolute Gasteiger partial charge is 0.246 e. The van der Waals surface area contributed by atoms with Gasteiger partial charge < -0.3 is 0 Å². The first kappa shape index (κ1) is 17.2. The molecule has 0 radical (unpaired) electrons. The Labute approximate surface area is 156 Å². The zero-order chi connectivity index (χ0) is 19.0. The standard InChI is InChI=1S/C19H17N5O2S/c1-13-8-10-16(11-9-13)27(25,26)23-18-21-19-20-17(12-14(2)24(19)22-18)15-6-4-3-5-7-15/h3-12H,1-2H3,(H,22,23). The molecule has 1 N–H and O–H groups in total. The van der Waals surface area contributed by atoms with E-state index in [0.717, 1.165) is 22.5 Å². The monoisotopic (exact) mass is 379 g/mol. The molecule has 0 aliphatic heterocycles. The van der Waals surface area contributed by atoms with Crippen LogP contribution in [0.1, 0.15) is 11.3 Å². The molecule has 0 unspecified atom stereocenters. The van der Waals surface area contributed by atoms with Crippen molar-refractivity contribution in [2.75, 3.05) is 4.72 Å². The lowest BCUT2D eigenvalue weighted by Gasteiger charge is -2.04. The summed E-state index contributed by atoms with van der Waals surface area (Å²) >= 11 is 0.